The number of imidazole rings is 1. The van der Waals surface area contributed by atoms with Gasteiger partial charge in [0.25, 0.3) is 0 Å². The Labute approximate surface area is 181 Å². The molecule has 8 nitrogen and oxygen atoms in total. The maximum atomic E-state index is 5.56. The maximum absolute atomic E-state index is 5.56. The molecule has 4 heterocycles. The van der Waals surface area contributed by atoms with E-state index < -0.39 is 0 Å². The van der Waals surface area contributed by atoms with Crippen LogP contribution >= 0.6 is 0 Å². The molecule has 0 unspecified atom stereocenters. The molecule has 1 aromatic carbocycles. The van der Waals surface area contributed by atoms with Gasteiger partial charge in [-0.3, -0.25) is 0 Å². The van der Waals surface area contributed by atoms with Crippen molar-refractivity contribution < 1.29 is 4.74 Å². The van der Waals surface area contributed by atoms with E-state index in [4.69, 9.17) is 19.8 Å². The molecule has 0 aliphatic carbocycles. The highest BCUT2D eigenvalue weighted by atomic mass is 16.5. The lowest BCUT2D eigenvalue weighted by Gasteiger charge is -2.29. The second kappa shape index (κ2) is 8.49. The van der Waals surface area contributed by atoms with E-state index in [2.05, 4.69) is 39.9 Å². The second-order valence-electron chi connectivity index (χ2n) is 7.77. The first-order valence-electron chi connectivity index (χ1n) is 10.7. The first-order valence-corrected chi connectivity index (χ1v) is 10.7. The highest BCUT2D eigenvalue weighted by Crippen LogP contribution is 2.29. The summed E-state index contributed by atoms with van der Waals surface area (Å²) < 4.78 is 9.53. The monoisotopic (exact) mass is 417 g/mol. The summed E-state index contributed by atoms with van der Waals surface area (Å²) in [7, 11) is 1.95. The number of anilines is 1. The van der Waals surface area contributed by atoms with E-state index in [1.165, 1.54) is 5.56 Å². The molecule has 1 fully saturated rings. The fourth-order valence-electron chi connectivity index (χ4n) is 4.02. The molecule has 5 rings (SSSR count). The quantitative estimate of drug-likeness (QED) is 0.520. The number of aromatic nitrogens is 5. The minimum atomic E-state index is 0.721. The zero-order valence-electron chi connectivity index (χ0n) is 18.0. The van der Waals surface area contributed by atoms with E-state index in [1.54, 1.807) is 0 Å². The third kappa shape index (κ3) is 3.80. The van der Waals surface area contributed by atoms with Crippen molar-refractivity contribution in [2.24, 2.45) is 0 Å². The van der Waals surface area contributed by atoms with E-state index in [1.807, 2.05) is 42.5 Å². The highest BCUT2D eigenvalue weighted by Gasteiger charge is 2.20. The standard InChI is InChI=1S/C23H27N7O/c1-17-5-3-4-6-18(17)19-7-9-30(27-19)21-15-20(28-11-13-31-14-12-28)22-23(26-21)29(16-25-22)10-8-24-2/h3-7,9,15-16,24H,8,10-14H2,1-2H3. The van der Waals surface area contributed by atoms with Crippen LogP contribution in [0.25, 0.3) is 28.2 Å². The number of fused-ring (bicyclic) bond motifs is 1. The van der Waals surface area contributed by atoms with Crippen molar-refractivity contribution in [3.8, 4) is 17.1 Å². The van der Waals surface area contributed by atoms with Crippen LogP contribution in [0.2, 0.25) is 0 Å². The number of morpholine rings is 1. The number of pyridine rings is 1. The number of ether oxygens (including phenoxy) is 1. The van der Waals surface area contributed by atoms with Crippen LogP contribution in [0.15, 0.2) is 48.9 Å². The Balaban J connectivity index is 1.60. The van der Waals surface area contributed by atoms with Crippen molar-refractivity contribution in [3.05, 3.63) is 54.5 Å². The predicted octanol–water partition coefficient (Wildman–Crippen LogP) is 2.65. The number of benzene rings is 1. The van der Waals surface area contributed by atoms with Gasteiger partial charge in [-0.1, -0.05) is 24.3 Å². The molecular formula is C23H27N7O. The largest absolute Gasteiger partial charge is 0.378 e. The van der Waals surface area contributed by atoms with Gasteiger partial charge in [0.2, 0.25) is 0 Å². The number of nitrogens with zero attached hydrogens (tertiary/aromatic N) is 6. The molecule has 160 valence electrons. The van der Waals surface area contributed by atoms with Crippen LogP contribution in [-0.4, -0.2) is 64.2 Å². The van der Waals surface area contributed by atoms with Gasteiger partial charge >= 0.3 is 0 Å². The summed E-state index contributed by atoms with van der Waals surface area (Å²) >= 11 is 0. The summed E-state index contributed by atoms with van der Waals surface area (Å²) in [5.74, 6) is 0.792. The van der Waals surface area contributed by atoms with Crippen molar-refractivity contribution in [2.45, 2.75) is 13.5 Å². The van der Waals surface area contributed by atoms with E-state index in [-0.39, 0.29) is 0 Å². The van der Waals surface area contributed by atoms with E-state index in [0.717, 1.165) is 73.3 Å². The minimum absolute atomic E-state index is 0.721. The van der Waals surface area contributed by atoms with E-state index in [0.29, 0.717) is 0 Å². The first-order chi connectivity index (χ1) is 15.2. The fraction of sp³-hybridized carbons (Fsp3) is 0.348. The molecule has 0 atom stereocenters. The van der Waals surface area contributed by atoms with Gasteiger partial charge in [0.1, 0.15) is 5.52 Å². The molecule has 4 aromatic rings. The van der Waals surface area contributed by atoms with Gasteiger partial charge in [-0.15, -0.1) is 0 Å². The lowest BCUT2D eigenvalue weighted by atomic mass is 10.1. The molecule has 31 heavy (non-hydrogen) atoms. The number of nitrogens with one attached hydrogen (secondary N) is 1. The summed E-state index contributed by atoms with van der Waals surface area (Å²) in [6.45, 7) is 6.89. The number of likely N-dealkylation sites (N-methyl/N-ethyl adjacent to an activating group) is 1. The normalized spacial score (nSPS) is 14.5. The van der Waals surface area contributed by atoms with Gasteiger partial charge in [-0.25, -0.2) is 14.6 Å². The molecular weight excluding hydrogens is 390 g/mol. The van der Waals surface area contributed by atoms with Gasteiger partial charge in [0, 0.05) is 44.0 Å². The van der Waals surface area contributed by atoms with Crippen LogP contribution in [0.1, 0.15) is 5.56 Å². The van der Waals surface area contributed by atoms with Crippen LogP contribution in [0, 0.1) is 6.92 Å². The van der Waals surface area contributed by atoms with Crippen molar-refractivity contribution >= 4 is 16.9 Å². The summed E-state index contributed by atoms with van der Waals surface area (Å²) in [6.07, 6.45) is 3.86. The Bertz CT molecular complexity index is 1190. The van der Waals surface area contributed by atoms with Crippen LogP contribution < -0.4 is 10.2 Å². The molecule has 0 spiro atoms. The molecule has 0 saturated carbocycles. The topological polar surface area (TPSA) is 73.0 Å². The average molecular weight is 418 g/mol. The second-order valence-corrected chi connectivity index (χ2v) is 7.77. The van der Waals surface area contributed by atoms with Crippen LogP contribution in [0.4, 0.5) is 5.69 Å². The molecule has 3 aromatic heterocycles. The molecule has 1 N–H and O–H groups in total. The summed E-state index contributed by atoms with van der Waals surface area (Å²) in [4.78, 5) is 12.0. The number of aryl methyl sites for hydroxylation is 1. The molecule has 8 heteroatoms. The van der Waals surface area contributed by atoms with Gasteiger partial charge in [0.05, 0.1) is 30.9 Å². The SMILES string of the molecule is CNCCn1cnc2c(N3CCOCC3)cc(-n3ccc(-c4ccccc4C)n3)nc21. The summed E-state index contributed by atoms with van der Waals surface area (Å²) in [5, 5.41) is 8.05. The van der Waals surface area contributed by atoms with Gasteiger partial charge < -0.3 is 19.5 Å². The Kier molecular flexibility index (Phi) is 5.40. The predicted molar refractivity (Wildman–Crippen MR) is 122 cm³/mol. The Morgan fingerprint density at radius 2 is 1.97 bits per heavy atom. The molecule has 0 amide bonds. The molecule has 1 saturated heterocycles. The zero-order chi connectivity index (χ0) is 21.2. The third-order valence-electron chi connectivity index (χ3n) is 5.74. The minimum Gasteiger partial charge on any atom is -0.378 e. The number of hydrogen-bond donors (Lipinski definition) is 1. The average Bonchev–Trinajstić information content (AvgIpc) is 3.45. The Morgan fingerprint density at radius 3 is 2.77 bits per heavy atom. The lowest BCUT2D eigenvalue weighted by molar-refractivity contribution is 0.123. The lowest BCUT2D eigenvalue weighted by Crippen LogP contribution is -2.36. The summed E-state index contributed by atoms with van der Waals surface area (Å²) in [5.41, 5.74) is 6.16. The van der Waals surface area contributed by atoms with Crippen molar-refractivity contribution in [3.63, 3.8) is 0 Å². The van der Waals surface area contributed by atoms with E-state index in [9.17, 15) is 0 Å². The van der Waals surface area contributed by atoms with Crippen LogP contribution in [0.5, 0.6) is 0 Å². The molecule has 0 bridgehead atoms. The smallest absolute Gasteiger partial charge is 0.164 e. The Hall–Kier alpha value is -3.23. The first kappa shape index (κ1) is 19.7. The van der Waals surface area contributed by atoms with E-state index >= 15 is 0 Å². The van der Waals surface area contributed by atoms with Crippen LogP contribution in [-0.2, 0) is 11.3 Å². The maximum Gasteiger partial charge on any atom is 0.164 e. The van der Waals surface area contributed by atoms with Crippen LogP contribution in [0.3, 0.4) is 0 Å². The van der Waals surface area contributed by atoms with Gasteiger partial charge in [-0.05, 0) is 25.6 Å². The van der Waals surface area contributed by atoms with Crippen molar-refractivity contribution in [1.29, 1.82) is 0 Å². The highest BCUT2D eigenvalue weighted by molar-refractivity contribution is 5.87. The number of hydrogen-bond acceptors (Lipinski definition) is 6. The third-order valence-corrected chi connectivity index (χ3v) is 5.74. The molecule has 1 aliphatic rings. The summed E-state index contributed by atoms with van der Waals surface area (Å²) in [6, 6.07) is 12.4. The number of rotatable bonds is 6. The Morgan fingerprint density at radius 1 is 1.13 bits per heavy atom. The van der Waals surface area contributed by atoms with Crippen molar-refractivity contribution in [1.82, 2.24) is 29.6 Å². The van der Waals surface area contributed by atoms with Gasteiger partial charge in [0.15, 0.2) is 11.5 Å². The van der Waals surface area contributed by atoms with Gasteiger partial charge in [-0.2, -0.15) is 5.10 Å². The van der Waals surface area contributed by atoms with Crippen molar-refractivity contribution in [2.75, 3.05) is 44.8 Å². The molecule has 0 radical (unpaired) electrons. The fourth-order valence-corrected chi connectivity index (χ4v) is 4.02. The molecule has 1 aliphatic heterocycles. The zero-order valence-corrected chi connectivity index (χ0v) is 18.0.